The number of aromatic hydroxyl groups is 2. The number of carbonyl (C=O) groups is 1. The van der Waals surface area contributed by atoms with Gasteiger partial charge in [0.05, 0.1) is 11.3 Å². The number of rotatable bonds is 3. The quantitative estimate of drug-likeness (QED) is 0.551. The van der Waals surface area contributed by atoms with Crippen LogP contribution in [0.5, 0.6) is 11.6 Å². The first-order chi connectivity index (χ1) is 11.5. The minimum atomic E-state index is -1.24. The van der Waals surface area contributed by atoms with Crippen LogP contribution in [-0.4, -0.2) is 32.5 Å². The number of hydrogen-bond donors (Lipinski definition) is 4. The van der Waals surface area contributed by atoms with Crippen molar-refractivity contribution in [3.63, 3.8) is 0 Å². The van der Waals surface area contributed by atoms with Gasteiger partial charge in [0.1, 0.15) is 11.3 Å². The molecule has 3 rings (SSSR count). The Bertz CT molecular complexity index is 1040. The van der Waals surface area contributed by atoms with Gasteiger partial charge >= 0.3 is 5.97 Å². The number of phenols is 1. The van der Waals surface area contributed by atoms with Gasteiger partial charge in [0.15, 0.2) is 0 Å². The smallest absolute Gasteiger partial charge is 0.339 e. The first-order valence-corrected chi connectivity index (χ1v) is 6.91. The number of pyridine rings is 1. The second-order valence-corrected chi connectivity index (χ2v) is 5.03. The Hall–Kier alpha value is -3.61. The molecule has 0 aliphatic heterocycles. The third-order valence-electron chi connectivity index (χ3n) is 3.50. The Morgan fingerprint density at radius 2 is 1.79 bits per heavy atom. The molecule has 0 amide bonds. The minimum absolute atomic E-state index is 0.230. The second-order valence-electron chi connectivity index (χ2n) is 5.03. The number of aromatic amines is 1. The maximum atomic E-state index is 11.8. The lowest BCUT2D eigenvalue weighted by Crippen LogP contribution is -2.07. The van der Waals surface area contributed by atoms with Gasteiger partial charge < -0.3 is 15.3 Å². The topological polar surface area (TPSA) is 123 Å². The van der Waals surface area contributed by atoms with Crippen molar-refractivity contribution >= 4 is 28.6 Å². The maximum absolute atomic E-state index is 11.8. The summed E-state index contributed by atoms with van der Waals surface area (Å²) in [6.07, 6.45) is 1.34. The lowest BCUT2D eigenvalue weighted by atomic mass is 10.1. The molecule has 120 valence electrons. The molecule has 1 aromatic heterocycles. The highest BCUT2D eigenvalue weighted by Crippen LogP contribution is 2.25. The Morgan fingerprint density at radius 3 is 2.46 bits per heavy atom. The summed E-state index contributed by atoms with van der Waals surface area (Å²) < 4.78 is 0. The highest BCUT2D eigenvalue weighted by atomic mass is 16.4. The molecular weight excluding hydrogens is 312 g/mol. The molecule has 0 saturated heterocycles. The van der Waals surface area contributed by atoms with Crippen LogP contribution in [0.2, 0.25) is 0 Å². The number of aromatic nitrogens is 1. The van der Waals surface area contributed by atoms with Crippen molar-refractivity contribution in [2.45, 2.75) is 0 Å². The summed E-state index contributed by atoms with van der Waals surface area (Å²) in [6.45, 7) is 0. The molecule has 0 unspecified atom stereocenters. The van der Waals surface area contributed by atoms with Gasteiger partial charge in [0, 0.05) is 23.1 Å². The van der Waals surface area contributed by atoms with Crippen LogP contribution in [0.15, 0.2) is 52.3 Å². The highest BCUT2D eigenvalue weighted by molar-refractivity contribution is 6.02. The van der Waals surface area contributed by atoms with Crippen LogP contribution in [0.4, 0.5) is 5.69 Å². The van der Waals surface area contributed by atoms with E-state index in [0.717, 1.165) is 0 Å². The number of hydrogen-bond acceptors (Lipinski definition) is 5. The van der Waals surface area contributed by atoms with Crippen molar-refractivity contribution in [2.75, 3.05) is 0 Å². The molecule has 4 N–H and O–H groups in total. The summed E-state index contributed by atoms with van der Waals surface area (Å²) in [5.74, 6) is -1.98. The van der Waals surface area contributed by atoms with Crippen molar-refractivity contribution < 1.29 is 20.1 Å². The van der Waals surface area contributed by atoms with E-state index in [2.05, 4.69) is 9.98 Å². The van der Waals surface area contributed by atoms with E-state index < -0.39 is 17.3 Å². The highest BCUT2D eigenvalue weighted by Gasteiger charge is 2.10. The maximum Gasteiger partial charge on any atom is 0.339 e. The van der Waals surface area contributed by atoms with Gasteiger partial charge in [-0.3, -0.25) is 14.8 Å². The lowest BCUT2D eigenvalue weighted by Gasteiger charge is -2.04. The predicted molar refractivity (Wildman–Crippen MR) is 88.6 cm³/mol. The van der Waals surface area contributed by atoms with E-state index in [0.29, 0.717) is 22.0 Å². The molecule has 0 aliphatic rings. The summed E-state index contributed by atoms with van der Waals surface area (Å²) in [5.41, 5.74) is -0.0332. The van der Waals surface area contributed by atoms with E-state index >= 15 is 0 Å². The van der Waals surface area contributed by atoms with E-state index in [-0.39, 0.29) is 11.4 Å². The van der Waals surface area contributed by atoms with Crippen LogP contribution >= 0.6 is 0 Å². The van der Waals surface area contributed by atoms with Crippen molar-refractivity contribution in [3.05, 3.63) is 63.9 Å². The molecular formula is C17H12N2O5. The summed E-state index contributed by atoms with van der Waals surface area (Å²) in [4.78, 5) is 29.1. The summed E-state index contributed by atoms with van der Waals surface area (Å²) >= 11 is 0. The molecule has 1 heterocycles. The molecule has 7 nitrogen and oxygen atoms in total. The van der Waals surface area contributed by atoms with E-state index in [1.54, 1.807) is 24.3 Å². The number of aliphatic imine (C=N–C) groups is 1. The van der Waals surface area contributed by atoms with Gasteiger partial charge in [-0.15, -0.1) is 0 Å². The van der Waals surface area contributed by atoms with E-state index in [1.807, 2.05) is 0 Å². The van der Waals surface area contributed by atoms with Gasteiger partial charge in [-0.05, 0) is 18.2 Å². The molecule has 0 spiro atoms. The standard InChI is InChI=1S/C17H12N2O5/c20-14-7-9(5-6-12(14)17(23)24)18-8-13-10-3-1-2-4-11(10)15(21)19-16(13)22/h1-8,20H,(H,23,24)(H2,19,21,22). The Labute approximate surface area is 135 Å². The molecule has 0 atom stereocenters. The molecule has 0 bridgehead atoms. The van der Waals surface area contributed by atoms with Gasteiger partial charge in [0.2, 0.25) is 5.88 Å². The third-order valence-corrected chi connectivity index (χ3v) is 3.50. The fraction of sp³-hybridized carbons (Fsp3) is 0. The van der Waals surface area contributed by atoms with Gasteiger partial charge in [-0.25, -0.2) is 4.79 Å². The number of H-pyrrole nitrogens is 1. The number of carboxylic acid groups (broad SMARTS) is 1. The van der Waals surface area contributed by atoms with Crippen LogP contribution < -0.4 is 5.56 Å². The Morgan fingerprint density at radius 1 is 1.08 bits per heavy atom. The van der Waals surface area contributed by atoms with Crippen LogP contribution in [0.3, 0.4) is 0 Å². The van der Waals surface area contributed by atoms with Gasteiger partial charge in [-0.2, -0.15) is 0 Å². The van der Waals surface area contributed by atoms with Crippen LogP contribution in [0.25, 0.3) is 10.8 Å². The lowest BCUT2D eigenvalue weighted by molar-refractivity contribution is 0.0694. The van der Waals surface area contributed by atoms with Crippen molar-refractivity contribution in [2.24, 2.45) is 4.99 Å². The molecule has 2 aromatic carbocycles. The average molecular weight is 324 g/mol. The monoisotopic (exact) mass is 324 g/mol. The predicted octanol–water partition coefficient (Wildman–Crippen LogP) is 2.39. The number of benzene rings is 2. The SMILES string of the molecule is O=C(O)c1ccc(N=Cc2c(O)[nH]c(=O)c3ccccc23)cc1O. The third kappa shape index (κ3) is 2.70. The Kier molecular flexibility index (Phi) is 3.75. The summed E-state index contributed by atoms with van der Waals surface area (Å²) in [6, 6.07) is 10.6. The molecule has 0 fully saturated rings. The van der Waals surface area contributed by atoms with Crippen LogP contribution in [0, 0.1) is 0 Å². The first kappa shape index (κ1) is 15.3. The summed E-state index contributed by atoms with van der Waals surface area (Å²) in [5, 5.41) is 29.4. The van der Waals surface area contributed by atoms with E-state index in [9.17, 15) is 19.8 Å². The zero-order valence-electron chi connectivity index (χ0n) is 12.2. The first-order valence-electron chi connectivity index (χ1n) is 6.91. The molecule has 7 heteroatoms. The fourth-order valence-electron chi connectivity index (χ4n) is 2.34. The molecule has 3 aromatic rings. The number of aromatic carboxylic acids is 1. The fourth-order valence-corrected chi connectivity index (χ4v) is 2.34. The molecule has 24 heavy (non-hydrogen) atoms. The molecule has 0 radical (unpaired) electrons. The van der Waals surface area contributed by atoms with Crippen molar-refractivity contribution in [1.29, 1.82) is 0 Å². The number of nitrogens with one attached hydrogen (secondary N) is 1. The van der Waals surface area contributed by atoms with E-state index in [4.69, 9.17) is 5.11 Å². The van der Waals surface area contributed by atoms with Gasteiger partial charge in [0.25, 0.3) is 5.56 Å². The second kappa shape index (κ2) is 5.88. The van der Waals surface area contributed by atoms with Crippen LogP contribution in [0.1, 0.15) is 15.9 Å². The van der Waals surface area contributed by atoms with E-state index in [1.165, 1.54) is 24.4 Å². The number of nitrogens with zero attached hydrogens (tertiary/aromatic N) is 1. The average Bonchev–Trinajstić information content (AvgIpc) is 2.54. The van der Waals surface area contributed by atoms with Crippen LogP contribution in [-0.2, 0) is 0 Å². The van der Waals surface area contributed by atoms with Gasteiger partial charge in [-0.1, -0.05) is 18.2 Å². The number of fused-ring (bicyclic) bond motifs is 1. The zero-order valence-corrected chi connectivity index (χ0v) is 12.2. The largest absolute Gasteiger partial charge is 0.507 e. The van der Waals surface area contributed by atoms with Crippen molar-refractivity contribution in [1.82, 2.24) is 4.98 Å². The minimum Gasteiger partial charge on any atom is -0.507 e. The zero-order chi connectivity index (χ0) is 17.3. The molecule has 0 saturated carbocycles. The summed E-state index contributed by atoms with van der Waals surface area (Å²) in [7, 11) is 0. The van der Waals surface area contributed by atoms with Crippen molar-refractivity contribution in [3.8, 4) is 11.6 Å². The normalized spacial score (nSPS) is 11.2. The Balaban J connectivity index is 2.07. The number of carboxylic acids is 1. The molecule has 0 aliphatic carbocycles.